The number of ether oxygens (including phenoxy) is 1. The molecule has 0 aliphatic rings. The molecule has 1 N–H and O–H groups in total. The van der Waals surface area contributed by atoms with E-state index < -0.39 is 23.4 Å². The maximum absolute atomic E-state index is 12.1. The first-order valence-electron chi connectivity index (χ1n) is 8.03. The minimum absolute atomic E-state index is 0.0288. The summed E-state index contributed by atoms with van der Waals surface area (Å²) >= 11 is 0. The van der Waals surface area contributed by atoms with Gasteiger partial charge in [-0.1, -0.05) is 17.3 Å². The Hall–Kier alpha value is -3.82. The first kappa shape index (κ1) is 18.0. The number of carbonyl (C=O) groups is 2. The van der Waals surface area contributed by atoms with Crippen LogP contribution >= 0.6 is 0 Å². The van der Waals surface area contributed by atoms with Gasteiger partial charge in [-0.3, -0.25) is 14.9 Å². The van der Waals surface area contributed by atoms with Crippen LogP contribution in [-0.4, -0.2) is 38.4 Å². The van der Waals surface area contributed by atoms with Crippen molar-refractivity contribution in [2.45, 2.75) is 13.5 Å². The number of esters is 1. The second-order valence-corrected chi connectivity index (χ2v) is 5.51. The molecule has 3 aromatic rings. The zero-order valence-corrected chi connectivity index (χ0v) is 14.3. The highest BCUT2D eigenvalue weighted by Gasteiger charge is 2.17. The molecule has 10 heteroatoms. The number of fused-ring (bicyclic) bond motifs is 1. The van der Waals surface area contributed by atoms with Crippen molar-refractivity contribution in [3.8, 4) is 0 Å². The Morgan fingerprint density at radius 1 is 1.26 bits per heavy atom. The first-order valence-corrected chi connectivity index (χ1v) is 8.03. The average Bonchev–Trinajstić information content (AvgIpc) is 3.08. The average molecular weight is 369 g/mol. The Kier molecular flexibility index (Phi) is 5.06. The van der Waals surface area contributed by atoms with Crippen molar-refractivity contribution in [1.82, 2.24) is 15.0 Å². The molecule has 1 heterocycles. The van der Waals surface area contributed by atoms with E-state index in [0.29, 0.717) is 12.1 Å². The molecule has 2 aromatic carbocycles. The first-order chi connectivity index (χ1) is 13.0. The molecule has 0 aliphatic heterocycles. The van der Waals surface area contributed by atoms with Gasteiger partial charge in [0.05, 0.1) is 16.0 Å². The largest absolute Gasteiger partial charge is 0.452 e. The summed E-state index contributed by atoms with van der Waals surface area (Å²) in [6.07, 6.45) is 0. The van der Waals surface area contributed by atoms with E-state index in [-0.39, 0.29) is 16.9 Å². The summed E-state index contributed by atoms with van der Waals surface area (Å²) in [5.41, 5.74) is 1.32. The van der Waals surface area contributed by atoms with E-state index in [2.05, 4.69) is 15.6 Å². The zero-order chi connectivity index (χ0) is 19.4. The number of rotatable bonds is 6. The number of para-hydroxylation sites is 2. The van der Waals surface area contributed by atoms with E-state index in [9.17, 15) is 19.7 Å². The van der Waals surface area contributed by atoms with Crippen LogP contribution in [-0.2, 0) is 16.1 Å². The highest BCUT2D eigenvalue weighted by molar-refractivity contribution is 5.98. The van der Waals surface area contributed by atoms with Crippen molar-refractivity contribution in [3.05, 3.63) is 58.1 Å². The normalized spacial score (nSPS) is 10.6. The molecule has 3 rings (SSSR count). The summed E-state index contributed by atoms with van der Waals surface area (Å²) < 4.78 is 6.65. The lowest BCUT2D eigenvalue weighted by Crippen LogP contribution is -2.21. The lowest BCUT2D eigenvalue weighted by atomic mass is 10.2. The minimum Gasteiger partial charge on any atom is -0.452 e. The quantitative estimate of drug-likeness (QED) is 0.400. The van der Waals surface area contributed by atoms with Gasteiger partial charge >= 0.3 is 5.97 Å². The standard InChI is InChI=1S/C17H15N5O5/c1-2-21-14-8-7-11(9-13(14)19-20-21)17(24)27-10-16(23)18-12-5-3-4-6-15(12)22(25)26/h3-9H,2,10H2,1H3,(H,18,23). The summed E-state index contributed by atoms with van der Waals surface area (Å²) in [7, 11) is 0. The predicted octanol–water partition coefficient (Wildman–Crippen LogP) is 2.15. The van der Waals surface area contributed by atoms with Gasteiger partial charge in [0, 0.05) is 12.6 Å². The fourth-order valence-corrected chi connectivity index (χ4v) is 2.47. The Morgan fingerprint density at radius 2 is 2.04 bits per heavy atom. The topological polar surface area (TPSA) is 129 Å². The zero-order valence-electron chi connectivity index (χ0n) is 14.3. The Morgan fingerprint density at radius 3 is 2.78 bits per heavy atom. The maximum atomic E-state index is 12.1. The summed E-state index contributed by atoms with van der Waals surface area (Å²) in [5.74, 6) is -1.39. The molecule has 0 saturated heterocycles. The molecule has 0 atom stereocenters. The summed E-state index contributed by atoms with van der Waals surface area (Å²) in [4.78, 5) is 34.4. The van der Waals surface area contributed by atoms with Crippen LogP contribution in [0.2, 0.25) is 0 Å². The fraction of sp³-hybridized carbons (Fsp3) is 0.176. The SMILES string of the molecule is CCn1nnc2cc(C(=O)OCC(=O)Nc3ccccc3[N+](=O)[O-])ccc21. The number of anilines is 1. The second-order valence-electron chi connectivity index (χ2n) is 5.51. The van der Waals surface area contributed by atoms with Gasteiger partial charge in [0.1, 0.15) is 11.2 Å². The van der Waals surface area contributed by atoms with E-state index in [4.69, 9.17) is 4.74 Å². The molecule has 0 saturated carbocycles. The lowest BCUT2D eigenvalue weighted by Gasteiger charge is -2.07. The van der Waals surface area contributed by atoms with Gasteiger partial charge in [-0.05, 0) is 31.2 Å². The smallest absolute Gasteiger partial charge is 0.338 e. The van der Waals surface area contributed by atoms with Crippen LogP contribution in [0.15, 0.2) is 42.5 Å². The number of nitro groups is 1. The summed E-state index contributed by atoms with van der Waals surface area (Å²) in [5, 5.41) is 21.2. The summed E-state index contributed by atoms with van der Waals surface area (Å²) in [6.45, 7) is 1.99. The fourth-order valence-electron chi connectivity index (χ4n) is 2.47. The number of carbonyl (C=O) groups excluding carboxylic acids is 2. The number of amides is 1. The second kappa shape index (κ2) is 7.60. The Labute approximate surface area is 152 Å². The number of nitrogens with one attached hydrogen (secondary N) is 1. The van der Waals surface area contributed by atoms with Crippen LogP contribution in [0.1, 0.15) is 17.3 Å². The van der Waals surface area contributed by atoms with Gasteiger partial charge in [0.2, 0.25) is 0 Å². The van der Waals surface area contributed by atoms with Crippen molar-refractivity contribution >= 4 is 34.3 Å². The summed E-state index contributed by atoms with van der Waals surface area (Å²) in [6, 6.07) is 10.5. The van der Waals surface area contributed by atoms with Crippen LogP contribution < -0.4 is 5.32 Å². The van der Waals surface area contributed by atoms with Gasteiger partial charge in [-0.15, -0.1) is 5.10 Å². The molecule has 0 bridgehead atoms. The van der Waals surface area contributed by atoms with Crippen LogP contribution in [0.5, 0.6) is 0 Å². The van der Waals surface area contributed by atoms with Crippen LogP contribution in [0, 0.1) is 10.1 Å². The molecular weight excluding hydrogens is 354 g/mol. The van der Waals surface area contributed by atoms with Gasteiger partial charge in [-0.2, -0.15) is 0 Å². The van der Waals surface area contributed by atoms with Crippen LogP contribution in [0.4, 0.5) is 11.4 Å². The minimum atomic E-state index is -0.708. The van der Waals surface area contributed by atoms with E-state index in [1.165, 1.54) is 24.3 Å². The number of nitrogens with zero attached hydrogens (tertiary/aromatic N) is 4. The third kappa shape index (κ3) is 3.89. The number of aryl methyl sites for hydroxylation is 1. The van der Waals surface area contributed by atoms with Crippen molar-refractivity contribution < 1.29 is 19.2 Å². The molecule has 138 valence electrons. The molecule has 0 unspecified atom stereocenters. The van der Waals surface area contributed by atoms with Crippen LogP contribution in [0.3, 0.4) is 0 Å². The monoisotopic (exact) mass is 369 g/mol. The van der Waals surface area contributed by atoms with Gasteiger partial charge in [0.15, 0.2) is 6.61 Å². The molecule has 10 nitrogen and oxygen atoms in total. The Bertz CT molecular complexity index is 1030. The Balaban J connectivity index is 1.64. The number of hydrogen-bond donors (Lipinski definition) is 1. The highest BCUT2D eigenvalue weighted by Crippen LogP contribution is 2.23. The number of nitro benzene ring substituents is 1. The molecule has 0 aliphatic carbocycles. The van der Waals surface area contributed by atoms with E-state index in [1.807, 2.05) is 6.92 Å². The molecule has 1 amide bonds. The third-order valence-electron chi connectivity index (χ3n) is 3.76. The molecule has 1 aromatic heterocycles. The highest BCUT2D eigenvalue weighted by atomic mass is 16.6. The molecule has 0 spiro atoms. The van der Waals surface area contributed by atoms with Gasteiger partial charge < -0.3 is 10.1 Å². The van der Waals surface area contributed by atoms with Crippen LogP contribution in [0.25, 0.3) is 11.0 Å². The molecule has 27 heavy (non-hydrogen) atoms. The third-order valence-corrected chi connectivity index (χ3v) is 3.76. The predicted molar refractivity (Wildman–Crippen MR) is 95.2 cm³/mol. The maximum Gasteiger partial charge on any atom is 0.338 e. The molecular formula is C17H15N5O5. The number of hydrogen-bond acceptors (Lipinski definition) is 7. The van der Waals surface area contributed by atoms with Gasteiger partial charge in [-0.25, -0.2) is 9.48 Å². The number of benzene rings is 2. The van der Waals surface area contributed by atoms with Crippen molar-refractivity contribution in [2.75, 3.05) is 11.9 Å². The van der Waals surface area contributed by atoms with Crippen molar-refractivity contribution in [2.24, 2.45) is 0 Å². The number of aromatic nitrogens is 3. The molecule has 0 radical (unpaired) electrons. The lowest BCUT2D eigenvalue weighted by molar-refractivity contribution is -0.383. The van der Waals surface area contributed by atoms with E-state index in [1.54, 1.807) is 22.9 Å². The van der Waals surface area contributed by atoms with Crippen molar-refractivity contribution in [1.29, 1.82) is 0 Å². The van der Waals surface area contributed by atoms with Gasteiger partial charge in [0.25, 0.3) is 11.6 Å². The molecule has 0 fully saturated rings. The van der Waals surface area contributed by atoms with Crippen molar-refractivity contribution in [3.63, 3.8) is 0 Å². The van der Waals surface area contributed by atoms with E-state index in [0.717, 1.165) is 5.52 Å². The van der Waals surface area contributed by atoms with E-state index >= 15 is 0 Å².